The second-order valence-electron chi connectivity index (χ2n) is 5.88. The van der Waals surface area contributed by atoms with Crippen LogP contribution in [0, 0.1) is 40.9 Å². The molecule has 1 heteroatoms. The molecule has 0 aromatic heterocycles. The molecule has 1 aromatic rings. The van der Waals surface area contributed by atoms with E-state index in [1.807, 2.05) is 24.3 Å². The maximum absolute atomic E-state index is 8.78. The molecule has 2 rings (SSSR count). The number of benzene rings is 1. The number of allylic oxidation sites excluding steroid dienone is 1. The Labute approximate surface area is 128 Å². The Morgan fingerprint density at radius 2 is 1.81 bits per heavy atom. The highest BCUT2D eigenvalue weighted by Gasteiger charge is 2.24. The second kappa shape index (κ2) is 7.70. The molecular weight excluding hydrogens is 254 g/mol. The summed E-state index contributed by atoms with van der Waals surface area (Å²) < 4.78 is 0. The fraction of sp³-hybridized carbons (Fsp3) is 0.450. The minimum absolute atomic E-state index is 0.527. The fourth-order valence-corrected chi connectivity index (χ4v) is 3.20. The average molecular weight is 277 g/mol. The van der Waals surface area contributed by atoms with E-state index in [-0.39, 0.29) is 0 Å². The van der Waals surface area contributed by atoms with Gasteiger partial charge in [0, 0.05) is 11.5 Å². The Balaban J connectivity index is 1.90. The van der Waals surface area contributed by atoms with Crippen molar-refractivity contribution < 1.29 is 0 Å². The molecule has 1 nitrogen and oxygen atoms in total. The van der Waals surface area contributed by atoms with E-state index in [0.29, 0.717) is 17.4 Å². The van der Waals surface area contributed by atoms with Crippen LogP contribution in [0.25, 0.3) is 0 Å². The molecule has 1 saturated carbocycles. The van der Waals surface area contributed by atoms with E-state index in [0.717, 1.165) is 11.5 Å². The maximum Gasteiger partial charge on any atom is 0.0991 e. The van der Waals surface area contributed by atoms with Crippen molar-refractivity contribution in [3.05, 3.63) is 48.0 Å². The second-order valence-corrected chi connectivity index (χ2v) is 5.88. The molecule has 0 spiro atoms. The summed E-state index contributed by atoms with van der Waals surface area (Å²) in [5.74, 6) is 8.68. The zero-order chi connectivity index (χ0) is 15.1. The Kier molecular flexibility index (Phi) is 5.65. The van der Waals surface area contributed by atoms with E-state index in [2.05, 4.69) is 37.5 Å². The number of nitrogens with zero attached hydrogens (tertiary/aromatic N) is 1. The predicted molar refractivity (Wildman–Crippen MR) is 87.5 cm³/mol. The van der Waals surface area contributed by atoms with Crippen molar-refractivity contribution in [3.8, 4) is 17.9 Å². The van der Waals surface area contributed by atoms with E-state index in [4.69, 9.17) is 5.26 Å². The zero-order valence-electron chi connectivity index (χ0n) is 12.8. The molecule has 1 atom stereocenters. The van der Waals surface area contributed by atoms with Gasteiger partial charge in [0.05, 0.1) is 11.6 Å². The standard InChI is InChI=1S/C20H23N/c1-3-19(4-2)20-13-11-17(12-14-20)6-5-16-7-9-18(15-21)10-8-16/h3,7-10,17,19-20H,1,4,11-14H2,2H3. The Bertz CT molecular complexity index is 557. The summed E-state index contributed by atoms with van der Waals surface area (Å²) in [7, 11) is 0. The van der Waals surface area contributed by atoms with E-state index < -0.39 is 0 Å². The monoisotopic (exact) mass is 277 g/mol. The lowest BCUT2D eigenvalue weighted by atomic mass is 9.75. The first-order valence-electron chi connectivity index (χ1n) is 7.91. The fourth-order valence-electron chi connectivity index (χ4n) is 3.20. The maximum atomic E-state index is 8.78. The first-order valence-corrected chi connectivity index (χ1v) is 7.91. The molecule has 0 aliphatic heterocycles. The van der Waals surface area contributed by atoms with Crippen molar-refractivity contribution in [2.24, 2.45) is 17.8 Å². The molecule has 0 bridgehead atoms. The van der Waals surface area contributed by atoms with E-state index in [1.54, 1.807) is 0 Å². The first kappa shape index (κ1) is 15.4. The van der Waals surface area contributed by atoms with Crippen LogP contribution in [0.4, 0.5) is 0 Å². The van der Waals surface area contributed by atoms with Crippen LogP contribution in [-0.2, 0) is 0 Å². The van der Waals surface area contributed by atoms with Gasteiger partial charge < -0.3 is 0 Å². The third-order valence-electron chi connectivity index (χ3n) is 4.59. The normalized spacial score (nSPS) is 22.5. The van der Waals surface area contributed by atoms with Gasteiger partial charge in [-0.25, -0.2) is 0 Å². The van der Waals surface area contributed by atoms with Crippen molar-refractivity contribution in [1.29, 1.82) is 5.26 Å². The molecule has 1 aromatic carbocycles. The van der Waals surface area contributed by atoms with Gasteiger partial charge in [0.2, 0.25) is 0 Å². The van der Waals surface area contributed by atoms with Crippen LogP contribution in [-0.4, -0.2) is 0 Å². The number of rotatable bonds is 3. The largest absolute Gasteiger partial charge is 0.192 e. The number of nitriles is 1. The summed E-state index contributed by atoms with van der Waals surface area (Å²) in [5, 5.41) is 8.78. The van der Waals surface area contributed by atoms with Crippen LogP contribution >= 0.6 is 0 Å². The van der Waals surface area contributed by atoms with E-state index in [1.165, 1.54) is 32.1 Å². The van der Waals surface area contributed by atoms with Gasteiger partial charge in [-0.05, 0) is 68.2 Å². The summed E-state index contributed by atoms with van der Waals surface area (Å²) in [5.41, 5.74) is 1.70. The van der Waals surface area contributed by atoms with Gasteiger partial charge >= 0.3 is 0 Å². The van der Waals surface area contributed by atoms with Gasteiger partial charge in [-0.2, -0.15) is 5.26 Å². The van der Waals surface area contributed by atoms with Gasteiger partial charge in [-0.1, -0.05) is 24.8 Å². The highest BCUT2D eigenvalue weighted by molar-refractivity contribution is 5.40. The van der Waals surface area contributed by atoms with Crippen LogP contribution in [0.3, 0.4) is 0 Å². The molecular formula is C20H23N. The van der Waals surface area contributed by atoms with Crippen LogP contribution in [0.15, 0.2) is 36.9 Å². The van der Waals surface area contributed by atoms with Crippen LogP contribution < -0.4 is 0 Å². The molecule has 108 valence electrons. The van der Waals surface area contributed by atoms with Crippen LogP contribution in [0.2, 0.25) is 0 Å². The van der Waals surface area contributed by atoms with Crippen molar-refractivity contribution >= 4 is 0 Å². The lowest BCUT2D eigenvalue weighted by Crippen LogP contribution is -2.19. The van der Waals surface area contributed by atoms with Gasteiger partial charge in [-0.15, -0.1) is 6.58 Å². The Morgan fingerprint density at radius 3 is 2.33 bits per heavy atom. The molecule has 0 radical (unpaired) electrons. The third-order valence-corrected chi connectivity index (χ3v) is 4.59. The summed E-state index contributed by atoms with van der Waals surface area (Å²) >= 11 is 0. The van der Waals surface area contributed by atoms with Crippen LogP contribution in [0.5, 0.6) is 0 Å². The minimum Gasteiger partial charge on any atom is -0.192 e. The number of hydrogen-bond acceptors (Lipinski definition) is 1. The summed E-state index contributed by atoms with van der Waals surface area (Å²) in [6.07, 6.45) is 8.30. The average Bonchev–Trinajstić information content (AvgIpc) is 2.55. The molecule has 0 saturated heterocycles. The van der Waals surface area contributed by atoms with E-state index >= 15 is 0 Å². The van der Waals surface area contributed by atoms with Crippen molar-refractivity contribution in [2.75, 3.05) is 0 Å². The van der Waals surface area contributed by atoms with Crippen LogP contribution in [0.1, 0.15) is 50.2 Å². The third kappa shape index (κ3) is 4.24. The highest BCUT2D eigenvalue weighted by Crippen LogP contribution is 2.35. The Morgan fingerprint density at radius 1 is 1.19 bits per heavy atom. The SMILES string of the molecule is C=CC(CC)C1CCC(C#Cc2ccc(C#N)cc2)CC1. The minimum atomic E-state index is 0.527. The van der Waals surface area contributed by atoms with Crippen molar-refractivity contribution in [3.63, 3.8) is 0 Å². The lowest BCUT2D eigenvalue weighted by Gasteiger charge is -2.30. The summed E-state index contributed by atoms with van der Waals surface area (Å²) in [6.45, 7) is 6.22. The zero-order valence-corrected chi connectivity index (χ0v) is 12.8. The summed E-state index contributed by atoms with van der Waals surface area (Å²) in [4.78, 5) is 0. The van der Waals surface area contributed by atoms with Crippen molar-refractivity contribution in [2.45, 2.75) is 39.0 Å². The quantitative estimate of drug-likeness (QED) is 0.568. The molecule has 1 aliphatic carbocycles. The van der Waals surface area contributed by atoms with Gasteiger partial charge in [0.25, 0.3) is 0 Å². The van der Waals surface area contributed by atoms with Crippen molar-refractivity contribution in [1.82, 2.24) is 0 Å². The molecule has 0 N–H and O–H groups in total. The van der Waals surface area contributed by atoms with E-state index in [9.17, 15) is 0 Å². The number of hydrogen-bond donors (Lipinski definition) is 0. The molecule has 0 heterocycles. The first-order chi connectivity index (χ1) is 10.3. The molecule has 1 aliphatic rings. The molecule has 21 heavy (non-hydrogen) atoms. The van der Waals surface area contributed by atoms with Gasteiger partial charge in [0.15, 0.2) is 0 Å². The highest BCUT2D eigenvalue weighted by atomic mass is 14.3. The topological polar surface area (TPSA) is 23.8 Å². The molecule has 0 amide bonds. The van der Waals surface area contributed by atoms with Gasteiger partial charge in [0.1, 0.15) is 0 Å². The molecule has 1 unspecified atom stereocenters. The lowest BCUT2D eigenvalue weighted by molar-refractivity contribution is 0.254. The Hall–Kier alpha value is -1.99. The summed E-state index contributed by atoms with van der Waals surface area (Å²) in [6, 6.07) is 9.66. The smallest absolute Gasteiger partial charge is 0.0991 e. The molecule has 1 fully saturated rings. The predicted octanol–water partition coefficient (Wildman–Crippen LogP) is 4.93. The van der Waals surface area contributed by atoms with Gasteiger partial charge in [-0.3, -0.25) is 0 Å².